The average Bonchev–Trinajstić information content (AvgIpc) is 2.75. The molecule has 1 amide bonds. The average molecular weight is 431 g/mol. The van der Waals surface area contributed by atoms with Crippen LogP contribution in [0.5, 0.6) is 0 Å². The van der Waals surface area contributed by atoms with Gasteiger partial charge in [0.1, 0.15) is 0 Å². The van der Waals surface area contributed by atoms with Crippen molar-refractivity contribution in [1.82, 2.24) is 16.0 Å². The van der Waals surface area contributed by atoms with Crippen molar-refractivity contribution in [2.24, 2.45) is 16.3 Å². The lowest BCUT2D eigenvalue weighted by Crippen LogP contribution is -2.47. The quantitative estimate of drug-likeness (QED) is 0.313. The molecule has 0 bridgehead atoms. The second-order valence-corrected chi connectivity index (χ2v) is 9.44. The molecule has 6 heteroatoms. The molecule has 31 heavy (non-hydrogen) atoms. The van der Waals surface area contributed by atoms with Crippen LogP contribution < -0.4 is 16.0 Å². The highest BCUT2D eigenvalue weighted by Crippen LogP contribution is 2.33. The predicted molar refractivity (Wildman–Crippen MR) is 128 cm³/mol. The second kappa shape index (κ2) is 12.7. The second-order valence-electron chi connectivity index (χ2n) is 9.44. The number of nitrogens with one attached hydrogen (secondary N) is 3. The number of rotatable bonds is 9. The highest BCUT2D eigenvalue weighted by atomic mass is 16.5. The molecule has 0 aromatic heterocycles. The fourth-order valence-corrected chi connectivity index (χ4v) is 3.99. The molecule has 3 N–H and O–H groups in total. The van der Waals surface area contributed by atoms with Gasteiger partial charge in [0.05, 0.1) is 12.6 Å². The van der Waals surface area contributed by atoms with Crippen LogP contribution in [0, 0.1) is 11.3 Å². The number of carbonyl (C=O) groups excluding carboxylic acids is 1. The summed E-state index contributed by atoms with van der Waals surface area (Å²) in [6.45, 7) is 14.8. The zero-order valence-corrected chi connectivity index (χ0v) is 20.1. The van der Waals surface area contributed by atoms with Crippen LogP contribution in [0.15, 0.2) is 29.3 Å². The van der Waals surface area contributed by atoms with Gasteiger partial charge in [0.15, 0.2) is 5.96 Å². The number of aliphatic imine (C=N–C) groups is 1. The van der Waals surface area contributed by atoms with E-state index in [4.69, 9.17) is 9.73 Å². The van der Waals surface area contributed by atoms with E-state index in [0.717, 1.165) is 57.0 Å². The summed E-state index contributed by atoms with van der Waals surface area (Å²) in [4.78, 5) is 16.9. The number of amides is 1. The predicted octanol–water partition coefficient (Wildman–Crippen LogP) is 4.11. The monoisotopic (exact) mass is 430 g/mol. The lowest BCUT2D eigenvalue weighted by atomic mass is 9.78. The van der Waals surface area contributed by atoms with E-state index in [2.05, 4.69) is 50.6 Å². The lowest BCUT2D eigenvalue weighted by Gasteiger charge is -2.40. The van der Waals surface area contributed by atoms with Gasteiger partial charge in [-0.3, -0.25) is 4.79 Å². The summed E-state index contributed by atoms with van der Waals surface area (Å²) in [6, 6.07) is 7.71. The van der Waals surface area contributed by atoms with E-state index in [0.29, 0.717) is 18.0 Å². The number of carbonyl (C=O) groups is 1. The number of hydrogen-bond donors (Lipinski definition) is 3. The summed E-state index contributed by atoms with van der Waals surface area (Å²) in [5.74, 6) is 1.28. The molecule has 0 radical (unpaired) electrons. The third-order valence-electron chi connectivity index (χ3n) is 5.63. The van der Waals surface area contributed by atoms with Crippen LogP contribution in [0.4, 0.5) is 0 Å². The first-order valence-electron chi connectivity index (χ1n) is 11.9. The smallest absolute Gasteiger partial charge is 0.251 e. The Kier molecular flexibility index (Phi) is 10.3. The van der Waals surface area contributed by atoms with Crippen LogP contribution in [0.25, 0.3) is 0 Å². The molecule has 2 unspecified atom stereocenters. The van der Waals surface area contributed by atoms with Crippen molar-refractivity contribution in [3.63, 3.8) is 0 Å². The molecule has 1 fully saturated rings. The number of hydrogen-bond acceptors (Lipinski definition) is 3. The van der Waals surface area contributed by atoms with Gasteiger partial charge in [-0.2, -0.15) is 0 Å². The topological polar surface area (TPSA) is 74.8 Å². The molecule has 1 heterocycles. The summed E-state index contributed by atoms with van der Waals surface area (Å²) < 4.78 is 6.10. The van der Waals surface area contributed by atoms with Crippen LogP contribution in [0.1, 0.15) is 76.2 Å². The molecule has 1 aromatic rings. The third kappa shape index (κ3) is 8.52. The van der Waals surface area contributed by atoms with E-state index >= 15 is 0 Å². The standard InChI is InChI=1S/C25H42N4O2/c1-6-8-15-27-23(30)20-13-11-19(12-14-20)17-28-24(26-7-2)29-18-21-10-9-16-31-22(21)25(3,4)5/h11-14,21-22H,6-10,15-18H2,1-5H3,(H,27,30)(H2,26,28,29). The first kappa shape index (κ1) is 25.2. The highest BCUT2D eigenvalue weighted by Gasteiger charge is 2.35. The van der Waals surface area contributed by atoms with E-state index in [-0.39, 0.29) is 17.4 Å². The Hall–Kier alpha value is -2.08. The Labute approximate surface area is 188 Å². The molecular formula is C25H42N4O2. The summed E-state index contributed by atoms with van der Waals surface area (Å²) in [5.41, 5.74) is 1.91. The van der Waals surface area contributed by atoms with Crippen LogP contribution in [-0.2, 0) is 11.3 Å². The van der Waals surface area contributed by atoms with Crippen molar-refractivity contribution in [2.75, 3.05) is 26.2 Å². The third-order valence-corrected chi connectivity index (χ3v) is 5.63. The van der Waals surface area contributed by atoms with Crippen molar-refractivity contribution in [2.45, 2.75) is 73.0 Å². The minimum absolute atomic E-state index is 0.0124. The highest BCUT2D eigenvalue weighted by molar-refractivity contribution is 5.94. The van der Waals surface area contributed by atoms with Gasteiger partial charge >= 0.3 is 0 Å². The molecule has 174 valence electrons. The molecule has 1 aliphatic rings. The van der Waals surface area contributed by atoms with Gasteiger partial charge in [-0.25, -0.2) is 4.99 Å². The van der Waals surface area contributed by atoms with Gasteiger partial charge in [0, 0.05) is 37.7 Å². The molecule has 1 aliphatic heterocycles. The summed E-state index contributed by atoms with van der Waals surface area (Å²) in [5, 5.41) is 9.81. The Morgan fingerprint density at radius 2 is 1.87 bits per heavy atom. The van der Waals surface area contributed by atoms with E-state index in [1.807, 2.05) is 24.3 Å². The van der Waals surface area contributed by atoms with Gasteiger partial charge in [-0.15, -0.1) is 0 Å². The van der Waals surface area contributed by atoms with E-state index in [9.17, 15) is 4.79 Å². The number of guanidine groups is 1. The fraction of sp³-hybridized carbons (Fsp3) is 0.680. The minimum atomic E-state index is -0.0124. The van der Waals surface area contributed by atoms with Crippen molar-refractivity contribution in [3.8, 4) is 0 Å². The summed E-state index contributed by atoms with van der Waals surface area (Å²) >= 11 is 0. The van der Waals surface area contributed by atoms with Crippen molar-refractivity contribution >= 4 is 11.9 Å². The number of nitrogens with zero attached hydrogens (tertiary/aromatic N) is 1. The zero-order valence-electron chi connectivity index (χ0n) is 20.1. The fourth-order valence-electron chi connectivity index (χ4n) is 3.99. The first-order chi connectivity index (χ1) is 14.8. The Bertz CT molecular complexity index is 694. The molecular weight excluding hydrogens is 388 g/mol. The van der Waals surface area contributed by atoms with Gasteiger partial charge in [-0.1, -0.05) is 46.2 Å². The molecule has 0 spiro atoms. The summed E-state index contributed by atoms with van der Waals surface area (Å²) in [6.07, 6.45) is 4.63. The SMILES string of the molecule is CCCCNC(=O)c1ccc(CN=C(NCC)NCC2CCCOC2C(C)(C)C)cc1. The van der Waals surface area contributed by atoms with Crippen molar-refractivity contribution < 1.29 is 9.53 Å². The maximum absolute atomic E-state index is 12.1. The molecule has 0 aliphatic carbocycles. The zero-order chi connectivity index (χ0) is 22.7. The van der Waals surface area contributed by atoms with Gasteiger partial charge in [-0.05, 0) is 49.3 Å². The number of unbranched alkanes of at least 4 members (excludes halogenated alkanes) is 1. The van der Waals surface area contributed by atoms with Crippen molar-refractivity contribution in [3.05, 3.63) is 35.4 Å². The maximum atomic E-state index is 12.1. The number of benzene rings is 1. The largest absolute Gasteiger partial charge is 0.377 e. The first-order valence-corrected chi connectivity index (χ1v) is 11.9. The molecule has 1 aromatic carbocycles. The van der Waals surface area contributed by atoms with E-state index in [1.165, 1.54) is 6.42 Å². The Balaban J connectivity index is 1.92. The summed E-state index contributed by atoms with van der Waals surface area (Å²) in [7, 11) is 0. The molecule has 2 atom stereocenters. The molecule has 1 saturated heterocycles. The van der Waals surface area contributed by atoms with Crippen molar-refractivity contribution in [1.29, 1.82) is 0 Å². The van der Waals surface area contributed by atoms with Gasteiger partial charge < -0.3 is 20.7 Å². The van der Waals surface area contributed by atoms with Crippen LogP contribution in [0.3, 0.4) is 0 Å². The molecule has 0 saturated carbocycles. The van der Waals surface area contributed by atoms with Crippen LogP contribution in [0.2, 0.25) is 0 Å². The van der Waals surface area contributed by atoms with Gasteiger partial charge in [0.25, 0.3) is 5.91 Å². The normalized spacial score (nSPS) is 19.7. The maximum Gasteiger partial charge on any atom is 0.251 e. The molecule has 6 nitrogen and oxygen atoms in total. The van der Waals surface area contributed by atoms with Crippen LogP contribution >= 0.6 is 0 Å². The molecule has 2 rings (SSSR count). The number of ether oxygens (including phenoxy) is 1. The minimum Gasteiger partial charge on any atom is -0.377 e. The Morgan fingerprint density at radius 1 is 1.13 bits per heavy atom. The van der Waals surface area contributed by atoms with Crippen LogP contribution in [-0.4, -0.2) is 44.2 Å². The lowest BCUT2D eigenvalue weighted by molar-refractivity contribution is -0.0835. The Morgan fingerprint density at radius 3 is 2.52 bits per heavy atom. The van der Waals surface area contributed by atoms with E-state index in [1.54, 1.807) is 0 Å². The van der Waals surface area contributed by atoms with E-state index < -0.39 is 0 Å². The van der Waals surface area contributed by atoms with Gasteiger partial charge in [0.2, 0.25) is 0 Å².